The van der Waals surface area contributed by atoms with E-state index in [2.05, 4.69) is 16.4 Å². The quantitative estimate of drug-likeness (QED) is 0.714. The molecule has 0 spiro atoms. The average Bonchev–Trinajstić information content (AvgIpc) is 3.21. The Morgan fingerprint density at radius 1 is 1.33 bits per heavy atom. The van der Waals surface area contributed by atoms with Crippen LogP contribution in [-0.4, -0.2) is 28.9 Å². The van der Waals surface area contributed by atoms with E-state index in [0.717, 1.165) is 16.0 Å². The van der Waals surface area contributed by atoms with E-state index in [4.69, 9.17) is 9.68 Å². The van der Waals surface area contributed by atoms with Gasteiger partial charge in [-0.1, -0.05) is 23.5 Å². The second-order valence-electron chi connectivity index (χ2n) is 5.23. The zero-order valence-corrected chi connectivity index (χ0v) is 13.8. The fraction of sp³-hybridized carbons (Fsp3) is 0.235. The molecule has 0 bridgehead atoms. The SMILES string of the molecule is N#CCCN(CC(=O)Nc1nc2ccccc2s1)Cc1ccco1. The number of carbonyl (C=O) groups is 1. The number of hydrogen-bond donors (Lipinski definition) is 1. The lowest BCUT2D eigenvalue weighted by Gasteiger charge is -2.18. The number of benzene rings is 1. The number of nitrogens with zero attached hydrogens (tertiary/aromatic N) is 3. The molecular weight excluding hydrogens is 324 g/mol. The normalized spacial score (nSPS) is 10.8. The van der Waals surface area contributed by atoms with Crippen molar-refractivity contribution < 1.29 is 9.21 Å². The number of amides is 1. The number of aromatic nitrogens is 1. The van der Waals surface area contributed by atoms with E-state index in [1.807, 2.05) is 35.2 Å². The first-order valence-corrected chi connectivity index (χ1v) is 8.33. The standard InChI is InChI=1S/C17H16N4O2S/c18-8-4-9-21(11-13-5-3-10-23-13)12-16(22)20-17-19-14-6-1-2-7-15(14)24-17/h1-3,5-7,10H,4,9,11-12H2,(H,19,20,22). The molecule has 1 N–H and O–H groups in total. The number of thiazole rings is 1. The molecule has 1 amide bonds. The van der Waals surface area contributed by atoms with Crippen LogP contribution in [0.25, 0.3) is 10.2 Å². The van der Waals surface area contributed by atoms with E-state index in [0.29, 0.717) is 24.6 Å². The summed E-state index contributed by atoms with van der Waals surface area (Å²) in [5, 5.41) is 12.2. The zero-order chi connectivity index (χ0) is 16.8. The largest absolute Gasteiger partial charge is 0.468 e. The van der Waals surface area contributed by atoms with Gasteiger partial charge in [-0.05, 0) is 24.3 Å². The molecule has 0 saturated heterocycles. The molecule has 6 nitrogen and oxygen atoms in total. The molecule has 1 aromatic carbocycles. The van der Waals surface area contributed by atoms with E-state index in [1.54, 1.807) is 12.3 Å². The van der Waals surface area contributed by atoms with Gasteiger partial charge in [-0.25, -0.2) is 4.98 Å². The number of rotatable bonds is 7. The van der Waals surface area contributed by atoms with Gasteiger partial charge >= 0.3 is 0 Å². The summed E-state index contributed by atoms with van der Waals surface area (Å²) in [6.45, 7) is 1.17. The summed E-state index contributed by atoms with van der Waals surface area (Å²) in [5.74, 6) is 0.610. The van der Waals surface area contributed by atoms with Crippen LogP contribution >= 0.6 is 11.3 Å². The Morgan fingerprint density at radius 2 is 2.21 bits per heavy atom. The maximum Gasteiger partial charge on any atom is 0.240 e. The molecule has 0 aliphatic heterocycles. The summed E-state index contributed by atoms with van der Waals surface area (Å²) in [4.78, 5) is 18.6. The minimum Gasteiger partial charge on any atom is -0.468 e. The smallest absolute Gasteiger partial charge is 0.240 e. The highest BCUT2D eigenvalue weighted by Gasteiger charge is 2.14. The van der Waals surface area contributed by atoms with Gasteiger partial charge in [0.15, 0.2) is 5.13 Å². The van der Waals surface area contributed by atoms with Crippen LogP contribution in [0.2, 0.25) is 0 Å². The molecule has 2 heterocycles. The third kappa shape index (κ3) is 4.19. The summed E-state index contributed by atoms with van der Waals surface area (Å²) >= 11 is 1.44. The van der Waals surface area contributed by atoms with E-state index in [9.17, 15) is 4.79 Å². The molecule has 122 valence electrons. The lowest BCUT2D eigenvalue weighted by molar-refractivity contribution is -0.117. The van der Waals surface area contributed by atoms with Crippen LogP contribution in [0.4, 0.5) is 5.13 Å². The first-order valence-electron chi connectivity index (χ1n) is 7.52. The van der Waals surface area contributed by atoms with Gasteiger partial charge in [-0.3, -0.25) is 9.69 Å². The minimum absolute atomic E-state index is 0.154. The number of carbonyl (C=O) groups excluding carboxylic acids is 1. The van der Waals surface area contributed by atoms with Gasteiger partial charge in [0.2, 0.25) is 5.91 Å². The number of nitriles is 1. The predicted molar refractivity (Wildman–Crippen MR) is 92.5 cm³/mol. The Labute approximate surface area is 143 Å². The van der Waals surface area contributed by atoms with Crippen LogP contribution in [0, 0.1) is 11.3 Å². The lowest BCUT2D eigenvalue weighted by Crippen LogP contribution is -2.33. The Bertz CT molecular complexity index is 818. The highest BCUT2D eigenvalue weighted by Crippen LogP contribution is 2.25. The first kappa shape index (κ1) is 16.2. The minimum atomic E-state index is -0.154. The summed E-state index contributed by atoms with van der Waals surface area (Å²) in [7, 11) is 0. The highest BCUT2D eigenvalue weighted by atomic mass is 32.1. The average molecular weight is 340 g/mol. The fourth-order valence-electron chi connectivity index (χ4n) is 2.33. The molecule has 0 aliphatic rings. The van der Waals surface area contributed by atoms with Gasteiger partial charge < -0.3 is 9.73 Å². The van der Waals surface area contributed by atoms with Crippen molar-refractivity contribution in [2.75, 3.05) is 18.4 Å². The number of furan rings is 1. The summed E-state index contributed by atoms with van der Waals surface area (Å²) < 4.78 is 6.35. The number of para-hydroxylation sites is 1. The first-order chi connectivity index (χ1) is 11.7. The Hall–Kier alpha value is -2.69. The van der Waals surface area contributed by atoms with Gasteiger partial charge in [-0.2, -0.15) is 5.26 Å². The molecule has 0 unspecified atom stereocenters. The van der Waals surface area contributed by atoms with E-state index < -0.39 is 0 Å². The van der Waals surface area contributed by atoms with Crippen molar-refractivity contribution in [3.8, 4) is 6.07 Å². The predicted octanol–water partition coefficient (Wildman–Crippen LogP) is 3.24. The molecule has 3 aromatic rings. The van der Waals surface area contributed by atoms with Crippen LogP contribution in [0.15, 0.2) is 47.1 Å². The second-order valence-corrected chi connectivity index (χ2v) is 6.26. The van der Waals surface area contributed by atoms with Crippen LogP contribution in [-0.2, 0) is 11.3 Å². The molecule has 7 heteroatoms. The number of nitrogens with one attached hydrogen (secondary N) is 1. The second kappa shape index (κ2) is 7.73. The topological polar surface area (TPSA) is 82.2 Å². The van der Waals surface area contributed by atoms with E-state index in [-0.39, 0.29) is 12.5 Å². The molecule has 24 heavy (non-hydrogen) atoms. The molecule has 2 aromatic heterocycles. The van der Waals surface area contributed by atoms with Gasteiger partial charge in [-0.15, -0.1) is 0 Å². The maximum absolute atomic E-state index is 12.3. The molecule has 0 aliphatic carbocycles. The van der Waals surface area contributed by atoms with Crippen molar-refractivity contribution in [3.05, 3.63) is 48.4 Å². The third-order valence-electron chi connectivity index (χ3n) is 3.41. The van der Waals surface area contributed by atoms with Gasteiger partial charge in [0.1, 0.15) is 5.76 Å². The van der Waals surface area contributed by atoms with Crippen molar-refractivity contribution in [3.63, 3.8) is 0 Å². The monoisotopic (exact) mass is 340 g/mol. The van der Waals surface area contributed by atoms with Crippen LogP contribution < -0.4 is 5.32 Å². The van der Waals surface area contributed by atoms with Crippen molar-refractivity contribution >= 4 is 32.6 Å². The Morgan fingerprint density at radius 3 is 2.96 bits per heavy atom. The lowest BCUT2D eigenvalue weighted by atomic mass is 10.3. The third-order valence-corrected chi connectivity index (χ3v) is 4.36. The van der Waals surface area contributed by atoms with Crippen molar-refractivity contribution in [2.45, 2.75) is 13.0 Å². The van der Waals surface area contributed by atoms with Crippen LogP contribution in [0.5, 0.6) is 0 Å². The fourth-order valence-corrected chi connectivity index (χ4v) is 3.21. The zero-order valence-electron chi connectivity index (χ0n) is 12.9. The molecule has 3 rings (SSSR count). The van der Waals surface area contributed by atoms with Gasteiger partial charge in [0.25, 0.3) is 0 Å². The van der Waals surface area contributed by atoms with Crippen molar-refractivity contribution in [2.24, 2.45) is 0 Å². The van der Waals surface area contributed by atoms with E-state index in [1.165, 1.54) is 11.3 Å². The summed E-state index contributed by atoms with van der Waals surface area (Å²) in [5.41, 5.74) is 0.870. The molecule has 0 atom stereocenters. The van der Waals surface area contributed by atoms with Gasteiger partial charge in [0, 0.05) is 13.0 Å². The van der Waals surface area contributed by atoms with Crippen molar-refractivity contribution in [1.82, 2.24) is 9.88 Å². The summed E-state index contributed by atoms with van der Waals surface area (Å²) in [6, 6.07) is 13.5. The molecular formula is C17H16N4O2S. The number of anilines is 1. The van der Waals surface area contributed by atoms with Gasteiger partial charge in [0.05, 0.1) is 35.6 Å². The number of hydrogen-bond acceptors (Lipinski definition) is 6. The molecule has 0 radical (unpaired) electrons. The van der Waals surface area contributed by atoms with Crippen LogP contribution in [0.3, 0.4) is 0 Å². The Kier molecular flexibility index (Phi) is 5.21. The maximum atomic E-state index is 12.3. The number of fused-ring (bicyclic) bond motifs is 1. The molecule has 0 fully saturated rings. The van der Waals surface area contributed by atoms with E-state index >= 15 is 0 Å². The Balaban J connectivity index is 1.62. The molecule has 0 saturated carbocycles. The summed E-state index contributed by atoms with van der Waals surface area (Å²) in [6.07, 6.45) is 1.95. The van der Waals surface area contributed by atoms with Crippen LogP contribution in [0.1, 0.15) is 12.2 Å². The van der Waals surface area contributed by atoms with Crippen molar-refractivity contribution in [1.29, 1.82) is 5.26 Å². The highest BCUT2D eigenvalue weighted by molar-refractivity contribution is 7.22.